The molecule has 1 aromatic heterocycles. The number of nitrogens with zero attached hydrogens (tertiary/aromatic N) is 1. The zero-order chi connectivity index (χ0) is 20.3. The van der Waals surface area contributed by atoms with Crippen molar-refractivity contribution in [1.82, 2.24) is 10.6 Å². The van der Waals surface area contributed by atoms with Crippen LogP contribution in [0.15, 0.2) is 52.1 Å². The second-order valence-corrected chi connectivity index (χ2v) is 7.68. The summed E-state index contributed by atoms with van der Waals surface area (Å²) in [7, 11) is 0. The van der Waals surface area contributed by atoms with Crippen LogP contribution in [0.5, 0.6) is 5.75 Å². The standard InChI is InChI=1S/C23H33N3O3/c1-18(2)17-27-14-6-12-24-23(25-13-10-19-7-5-15-28-19)26-21-11-16-29-22-9-4-3-8-20(21)22/h3-5,7-9,15,18,21H,6,10-14,16-17H2,1-2H3,(H2,24,25,26). The van der Waals surface area contributed by atoms with Crippen molar-refractivity contribution in [3.05, 3.63) is 54.0 Å². The van der Waals surface area contributed by atoms with Crippen molar-refractivity contribution in [3.8, 4) is 5.75 Å². The van der Waals surface area contributed by atoms with Crippen LogP contribution in [-0.4, -0.2) is 38.9 Å². The van der Waals surface area contributed by atoms with Crippen molar-refractivity contribution >= 4 is 5.96 Å². The lowest BCUT2D eigenvalue weighted by Crippen LogP contribution is -2.42. The molecule has 2 aromatic rings. The fourth-order valence-electron chi connectivity index (χ4n) is 3.25. The van der Waals surface area contributed by atoms with E-state index in [4.69, 9.17) is 18.9 Å². The first-order chi connectivity index (χ1) is 14.2. The van der Waals surface area contributed by atoms with Gasteiger partial charge in [0.15, 0.2) is 5.96 Å². The van der Waals surface area contributed by atoms with Crippen molar-refractivity contribution in [2.45, 2.75) is 39.2 Å². The number of nitrogens with one attached hydrogen (secondary N) is 2. The van der Waals surface area contributed by atoms with Crippen LogP contribution in [0.2, 0.25) is 0 Å². The van der Waals surface area contributed by atoms with E-state index in [2.05, 4.69) is 36.6 Å². The fourth-order valence-corrected chi connectivity index (χ4v) is 3.25. The average molecular weight is 400 g/mol. The first-order valence-electron chi connectivity index (χ1n) is 10.6. The van der Waals surface area contributed by atoms with E-state index >= 15 is 0 Å². The predicted molar refractivity (Wildman–Crippen MR) is 115 cm³/mol. The molecule has 1 unspecified atom stereocenters. The molecule has 0 bridgehead atoms. The average Bonchev–Trinajstić information content (AvgIpc) is 3.24. The largest absolute Gasteiger partial charge is 0.493 e. The van der Waals surface area contributed by atoms with E-state index in [1.165, 1.54) is 5.56 Å². The van der Waals surface area contributed by atoms with E-state index in [9.17, 15) is 0 Å². The monoisotopic (exact) mass is 399 g/mol. The maximum Gasteiger partial charge on any atom is 0.191 e. The molecule has 2 N–H and O–H groups in total. The maximum atomic E-state index is 5.78. The van der Waals surface area contributed by atoms with Crippen LogP contribution in [0.25, 0.3) is 0 Å². The highest BCUT2D eigenvalue weighted by Gasteiger charge is 2.21. The molecule has 1 aliphatic rings. The van der Waals surface area contributed by atoms with E-state index in [1.807, 2.05) is 24.3 Å². The molecular formula is C23H33N3O3. The molecule has 1 atom stereocenters. The molecule has 1 aromatic carbocycles. The summed E-state index contributed by atoms with van der Waals surface area (Å²) in [6.07, 6.45) is 4.34. The van der Waals surface area contributed by atoms with Gasteiger partial charge in [-0.2, -0.15) is 0 Å². The Labute approximate surface area is 173 Å². The second kappa shape index (κ2) is 11.5. The number of ether oxygens (including phenoxy) is 2. The molecule has 0 saturated heterocycles. The van der Waals surface area contributed by atoms with E-state index < -0.39 is 0 Å². The van der Waals surface area contributed by atoms with Gasteiger partial charge in [-0.15, -0.1) is 0 Å². The summed E-state index contributed by atoms with van der Waals surface area (Å²) in [5.74, 6) is 3.30. The SMILES string of the molecule is CC(C)COCCCN=C(NCCc1ccco1)NC1CCOc2ccccc21. The van der Waals surface area contributed by atoms with Crippen LogP contribution in [-0.2, 0) is 11.2 Å². The normalized spacial score (nSPS) is 16.4. The first kappa shape index (κ1) is 21.2. The van der Waals surface area contributed by atoms with Gasteiger partial charge in [0.1, 0.15) is 11.5 Å². The Bertz CT molecular complexity index is 744. The Morgan fingerprint density at radius 1 is 1.24 bits per heavy atom. The molecule has 6 heteroatoms. The molecule has 29 heavy (non-hydrogen) atoms. The van der Waals surface area contributed by atoms with Gasteiger partial charge in [0.2, 0.25) is 0 Å². The van der Waals surface area contributed by atoms with Crippen LogP contribution in [0.1, 0.15) is 44.1 Å². The maximum absolute atomic E-state index is 5.78. The Balaban J connectivity index is 1.55. The number of rotatable bonds is 10. The minimum absolute atomic E-state index is 0.187. The molecule has 0 saturated carbocycles. The quantitative estimate of drug-likeness (QED) is 0.360. The smallest absolute Gasteiger partial charge is 0.191 e. The number of guanidine groups is 1. The molecule has 0 spiro atoms. The third-order valence-electron chi connectivity index (χ3n) is 4.68. The van der Waals surface area contributed by atoms with Crippen molar-refractivity contribution in [2.24, 2.45) is 10.9 Å². The highest BCUT2D eigenvalue weighted by Crippen LogP contribution is 2.31. The van der Waals surface area contributed by atoms with E-state index in [-0.39, 0.29) is 6.04 Å². The van der Waals surface area contributed by atoms with Gasteiger partial charge in [-0.1, -0.05) is 32.0 Å². The number of hydrogen-bond donors (Lipinski definition) is 2. The van der Waals surface area contributed by atoms with Gasteiger partial charge < -0.3 is 24.5 Å². The Morgan fingerprint density at radius 3 is 2.97 bits per heavy atom. The van der Waals surface area contributed by atoms with Gasteiger partial charge in [-0.25, -0.2) is 0 Å². The number of hydrogen-bond acceptors (Lipinski definition) is 4. The summed E-state index contributed by atoms with van der Waals surface area (Å²) in [6, 6.07) is 12.3. The minimum atomic E-state index is 0.187. The summed E-state index contributed by atoms with van der Waals surface area (Å²) in [6.45, 7) is 8.05. The molecule has 0 amide bonds. The number of para-hydroxylation sites is 1. The van der Waals surface area contributed by atoms with E-state index in [0.717, 1.165) is 63.0 Å². The number of benzene rings is 1. The fraction of sp³-hybridized carbons (Fsp3) is 0.522. The summed E-state index contributed by atoms with van der Waals surface area (Å²) in [5, 5.41) is 7.03. The van der Waals surface area contributed by atoms with Gasteiger partial charge >= 0.3 is 0 Å². The molecule has 0 aliphatic carbocycles. The van der Waals surface area contributed by atoms with E-state index in [0.29, 0.717) is 12.5 Å². The lowest BCUT2D eigenvalue weighted by molar-refractivity contribution is 0.109. The first-order valence-corrected chi connectivity index (χ1v) is 10.6. The highest BCUT2D eigenvalue weighted by molar-refractivity contribution is 5.80. The van der Waals surface area contributed by atoms with Crippen LogP contribution >= 0.6 is 0 Å². The third-order valence-corrected chi connectivity index (χ3v) is 4.68. The van der Waals surface area contributed by atoms with Gasteiger partial charge in [-0.05, 0) is 30.5 Å². The third kappa shape index (κ3) is 7.13. The topological polar surface area (TPSA) is 68.0 Å². The number of aliphatic imine (C=N–C) groups is 1. The van der Waals surface area contributed by atoms with Gasteiger partial charge in [0.05, 0.1) is 18.9 Å². The second-order valence-electron chi connectivity index (χ2n) is 7.68. The zero-order valence-electron chi connectivity index (χ0n) is 17.5. The Kier molecular flexibility index (Phi) is 8.43. The summed E-state index contributed by atoms with van der Waals surface area (Å²) in [5.41, 5.74) is 1.18. The molecule has 0 fully saturated rings. The zero-order valence-corrected chi connectivity index (χ0v) is 17.5. The molecular weight excluding hydrogens is 366 g/mol. The van der Waals surface area contributed by atoms with Crippen molar-refractivity contribution in [1.29, 1.82) is 0 Å². The van der Waals surface area contributed by atoms with Crippen LogP contribution < -0.4 is 15.4 Å². The number of furan rings is 1. The van der Waals surface area contributed by atoms with Crippen LogP contribution in [0.4, 0.5) is 0 Å². The molecule has 6 nitrogen and oxygen atoms in total. The van der Waals surface area contributed by atoms with Crippen molar-refractivity contribution < 1.29 is 13.9 Å². The van der Waals surface area contributed by atoms with Gasteiger partial charge in [0.25, 0.3) is 0 Å². The Morgan fingerprint density at radius 2 is 2.14 bits per heavy atom. The molecule has 2 heterocycles. The van der Waals surface area contributed by atoms with Crippen LogP contribution in [0, 0.1) is 5.92 Å². The highest BCUT2D eigenvalue weighted by atomic mass is 16.5. The van der Waals surface area contributed by atoms with Gasteiger partial charge in [-0.3, -0.25) is 4.99 Å². The molecule has 1 aliphatic heterocycles. The number of fused-ring (bicyclic) bond motifs is 1. The van der Waals surface area contributed by atoms with Crippen molar-refractivity contribution in [3.63, 3.8) is 0 Å². The minimum Gasteiger partial charge on any atom is -0.493 e. The molecule has 3 rings (SSSR count). The summed E-state index contributed by atoms with van der Waals surface area (Å²) >= 11 is 0. The Hall–Kier alpha value is -2.47. The van der Waals surface area contributed by atoms with Crippen LogP contribution in [0.3, 0.4) is 0 Å². The van der Waals surface area contributed by atoms with Crippen molar-refractivity contribution in [2.75, 3.05) is 32.9 Å². The predicted octanol–water partition coefficient (Wildman–Crippen LogP) is 3.94. The molecule has 158 valence electrons. The lowest BCUT2D eigenvalue weighted by Gasteiger charge is -2.28. The molecule has 0 radical (unpaired) electrons. The van der Waals surface area contributed by atoms with Gasteiger partial charge in [0, 0.05) is 44.7 Å². The van der Waals surface area contributed by atoms with E-state index in [1.54, 1.807) is 6.26 Å². The summed E-state index contributed by atoms with van der Waals surface area (Å²) < 4.78 is 16.9. The summed E-state index contributed by atoms with van der Waals surface area (Å²) in [4.78, 5) is 4.77. The lowest BCUT2D eigenvalue weighted by atomic mass is 10.0.